The number of rotatable bonds is 7. The number of halogens is 1. The van der Waals surface area contributed by atoms with E-state index in [0.29, 0.717) is 23.7 Å². The van der Waals surface area contributed by atoms with Crippen LogP contribution in [-0.2, 0) is 11.8 Å². The van der Waals surface area contributed by atoms with Crippen LogP contribution in [0.3, 0.4) is 0 Å². The molecule has 2 heterocycles. The Morgan fingerprint density at radius 2 is 2.15 bits per heavy atom. The van der Waals surface area contributed by atoms with Crippen molar-refractivity contribution in [2.75, 3.05) is 33.7 Å². The number of carbonyl (C=O) groups excluding carboxylic acids is 2. The summed E-state index contributed by atoms with van der Waals surface area (Å²) in [7, 11) is 5.88. The Morgan fingerprint density at radius 1 is 1.37 bits per heavy atom. The van der Waals surface area contributed by atoms with Crippen LogP contribution in [0.4, 0.5) is 0 Å². The molecule has 0 saturated carbocycles. The number of benzene rings is 1. The maximum absolute atomic E-state index is 12.6. The molecule has 1 atom stereocenters. The minimum atomic E-state index is -0.117. The summed E-state index contributed by atoms with van der Waals surface area (Å²) in [5, 5.41) is 4.52. The van der Waals surface area contributed by atoms with Gasteiger partial charge < -0.3 is 19.7 Å². The van der Waals surface area contributed by atoms with E-state index in [1.165, 1.54) is 0 Å². The first kappa shape index (κ1) is 19.7. The van der Waals surface area contributed by atoms with Crippen LogP contribution in [0.25, 0.3) is 10.9 Å². The van der Waals surface area contributed by atoms with E-state index in [1.54, 1.807) is 0 Å². The molecule has 0 bridgehead atoms. The average Bonchev–Trinajstić information content (AvgIpc) is 3.15. The van der Waals surface area contributed by atoms with Crippen LogP contribution in [0.5, 0.6) is 0 Å². The normalized spacial score (nSPS) is 17.3. The lowest BCUT2D eigenvalue weighted by Crippen LogP contribution is -2.40. The highest BCUT2D eigenvalue weighted by atomic mass is 35.5. The number of likely N-dealkylation sites (tertiary alicyclic amines) is 1. The number of amides is 2. The van der Waals surface area contributed by atoms with E-state index in [1.807, 2.05) is 54.9 Å². The zero-order chi connectivity index (χ0) is 19.6. The third-order valence-electron chi connectivity index (χ3n) is 5.27. The van der Waals surface area contributed by atoms with Crippen molar-refractivity contribution in [1.29, 1.82) is 0 Å². The summed E-state index contributed by atoms with van der Waals surface area (Å²) in [6, 6.07) is 7.69. The lowest BCUT2D eigenvalue weighted by molar-refractivity contribution is -0.129. The molecule has 3 rings (SSSR count). The highest BCUT2D eigenvalue weighted by Crippen LogP contribution is 2.26. The predicted molar refractivity (Wildman–Crippen MR) is 108 cm³/mol. The van der Waals surface area contributed by atoms with Crippen molar-refractivity contribution in [3.8, 4) is 0 Å². The summed E-state index contributed by atoms with van der Waals surface area (Å²) in [5.41, 5.74) is 1.52. The SMILES string of the molecule is CN(C)CCN1C(=O)CC[C@@H]1CCNC(=O)c1cc2c(Cl)cccc2n1C. The van der Waals surface area contributed by atoms with Crippen molar-refractivity contribution in [2.24, 2.45) is 7.05 Å². The van der Waals surface area contributed by atoms with E-state index in [4.69, 9.17) is 11.6 Å². The molecule has 0 aliphatic carbocycles. The summed E-state index contributed by atoms with van der Waals surface area (Å²) in [5.74, 6) is 0.102. The lowest BCUT2D eigenvalue weighted by atomic mass is 10.1. The summed E-state index contributed by atoms with van der Waals surface area (Å²) in [6.45, 7) is 2.14. The predicted octanol–water partition coefficient (Wildman–Crippen LogP) is 2.50. The van der Waals surface area contributed by atoms with Crippen molar-refractivity contribution in [3.05, 3.63) is 35.0 Å². The smallest absolute Gasteiger partial charge is 0.267 e. The molecular weight excluding hydrogens is 364 g/mol. The van der Waals surface area contributed by atoms with Gasteiger partial charge in [0.05, 0.1) is 0 Å². The summed E-state index contributed by atoms with van der Waals surface area (Å²) >= 11 is 6.23. The molecule has 1 saturated heterocycles. The summed E-state index contributed by atoms with van der Waals surface area (Å²) in [6.07, 6.45) is 2.25. The van der Waals surface area contributed by atoms with E-state index in [-0.39, 0.29) is 17.9 Å². The quantitative estimate of drug-likeness (QED) is 0.790. The van der Waals surface area contributed by atoms with Gasteiger partial charge in [0.25, 0.3) is 5.91 Å². The second kappa shape index (κ2) is 8.31. The van der Waals surface area contributed by atoms with Gasteiger partial charge in [-0.15, -0.1) is 0 Å². The molecular formula is C20H27ClN4O2. The Kier molecular flexibility index (Phi) is 6.07. The van der Waals surface area contributed by atoms with Crippen molar-refractivity contribution in [2.45, 2.75) is 25.3 Å². The van der Waals surface area contributed by atoms with E-state index < -0.39 is 0 Å². The summed E-state index contributed by atoms with van der Waals surface area (Å²) < 4.78 is 1.86. The zero-order valence-electron chi connectivity index (χ0n) is 16.2. The highest BCUT2D eigenvalue weighted by Gasteiger charge is 2.30. The first-order valence-electron chi connectivity index (χ1n) is 9.35. The van der Waals surface area contributed by atoms with Crippen molar-refractivity contribution in [1.82, 2.24) is 19.7 Å². The fourth-order valence-electron chi connectivity index (χ4n) is 3.69. The van der Waals surface area contributed by atoms with Gasteiger partial charge in [-0.25, -0.2) is 0 Å². The first-order valence-corrected chi connectivity index (χ1v) is 9.72. The molecule has 1 aromatic carbocycles. The Balaban J connectivity index is 1.59. The van der Waals surface area contributed by atoms with Gasteiger partial charge >= 0.3 is 0 Å². The molecule has 0 spiro atoms. The topological polar surface area (TPSA) is 57.6 Å². The lowest BCUT2D eigenvalue weighted by Gasteiger charge is -2.26. The molecule has 0 unspecified atom stereocenters. The second-order valence-electron chi connectivity index (χ2n) is 7.39. The number of carbonyl (C=O) groups is 2. The molecule has 0 radical (unpaired) electrons. The molecule has 1 aromatic heterocycles. The van der Waals surface area contributed by atoms with Crippen molar-refractivity contribution in [3.63, 3.8) is 0 Å². The van der Waals surface area contributed by atoms with E-state index >= 15 is 0 Å². The number of fused-ring (bicyclic) bond motifs is 1. The Bertz CT molecular complexity index is 846. The monoisotopic (exact) mass is 390 g/mol. The minimum Gasteiger partial charge on any atom is -0.351 e. The first-order chi connectivity index (χ1) is 12.9. The van der Waals surface area contributed by atoms with Gasteiger partial charge in [0.1, 0.15) is 5.69 Å². The largest absolute Gasteiger partial charge is 0.351 e. The molecule has 1 aliphatic rings. The van der Waals surface area contributed by atoms with Crippen LogP contribution >= 0.6 is 11.6 Å². The van der Waals surface area contributed by atoms with Crippen molar-refractivity contribution >= 4 is 34.3 Å². The van der Waals surface area contributed by atoms with Crippen LogP contribution in [0.15, 0.2) is 24.3 Å². The Morgan fingerprint density at radius 3 is 2.85 bits per heavy atom. The molecule has 1 N–H and O–H groups in total. The third kappa shape index (κ3) is 4.28. The van der Waals surface area contributed by atoms with Gasteiger partial charge in [-0.1, -0.05) is 17.7 Å². The number of likely N-dealkylation sites (N-methyl/N-ethyl adjacent to an activating group) is 1. The Hall–Kier alpha value is -2.05. The number of hydrogen-bond acceptors (Lipinski definition) is 3. The van der Waals surface area contributed by atoms with Gasteiger partial charge in [-0.05, 0) is 45.1 Å². The average molecular weight is 391 g/mol. The van der Waals surface area contributed by atoms with Crippen LogP contribution in [-0.4, -0.2) is 66.0 Å². The number of hydrogen-bond donors (Lipinski definition) is 1. The van der Waals surface area contributed by atoms with Crippen LogP contribution in [0.2, 0.25) is 5.02 Å². The van der Waals surface area contributed by atoms with Crippen LogP contribution < -0.4 is 5.32 Å². The Labute approximate surface area is 165 Å². The zero-order valence-corrected chi connectivity index (χ0v) is 16.9. The molecule has 2 aromatic rings. The maximum Gasteiger partial charge on any atom is 0.267 e. The number of aryl methyl sites for hydroxylation is 1. The molecule has 27 heavy (non-hydrogen) atoms. The van der Waals surface area contributed by atoms with E-state index in [9.17, 15) is 9.59 Å². The second-order valence-corrected chi connectivity index (χ2v) is 7.80. The fraction of sp³-hybridized carbons (Fsp3) is 0.500. The minimum absolute atomic E-state index is 0.117. The molecule has 146 valence electrons. The van der Waals surface area contributed by atoms with Crippen LogP contribution in [0.1, 0.15) is 29.8 Å². The maximum atomic E-state index is 12.6. The molecule has 1 aliphatic heterocycles. The standard InChI is InChI=1S/C20H27ClN4O2/c1-23(2)11-12-25-14(7-8-19(25)26)9-10-22-20(27)18-13-15-16(21)5-4-6-17(15)24(18)3/h4-6,13-14H,7-12H2,1-3H3,(H,22,27)/t14-/m1/s1. The number of aromatic nitrogens is 1. The molecule has 2 amide bonds. The van der Waals surface area contributed by atoms with Gasteiger partial charge in [-0.3, -0.25) is 9.59 Å². The van der Waals surface area contributed by atoms with E-state index in [0.717, 1.165) is 36.8 Å². The van der Waals surface area contributed by atoms with Gasteiger partial charge in [-0.2, -0.15) is 0 Å². The fourth-order valence-corrected chi connectivity index (χ4v) is 3.92. The molecule has 1 fully saturated rings. The highest BCUT2D eigenvalue weighted by molar-refractivity contribution is 6.35. The van der Waals surface area contributed by atoms with Crippen molar-refractivity contribution < 1.29 is 9.59 Å². The van der Waals surface area contributed by atoms with Crippen LogP contribution in [0, 0.1) is 0 Å². The molecule has 6 nitrogen and oxygen atoms in total. The van der Waals surface area contributed by atoms with Gasteiger partial charge in [0, 0.05) is 55.1 Å². The number of nitrogens with zero attached hydrogens (tertiary/aromatic N) is 3. The van der Waals surface area contributed by atoms with Gasteiger partial charge in [0.2, 0.25) is 5.91 Å². The third-order valence-corrected chi connectivity index (χ3v) is 5.60. The van der Waals surface area contributed by atoms with Gasteiger partial charge in [0.15, 0.2) is 0 Å². The van der Waals surface area contributed by atoms with E-state index in [2.05, 4.69) is 10.2 Å². The summed E-state index contributed by atoms with van der Waals surface area (Å²) in [4.78, 5) is 28.8. The molecule has 7 heteroatoms. The number of nitrogens with one attached hydrogen (secondary N) is 1.